The Morgan fingerprint density at radius 2 is 2.11 bits per heavy atom. The fourth-order valence-corrected chi connectivity index (χ4v) is 2.12. The van der Waals surface area contributed by atoms with Gasteiger partial charge >= 0.3 is 0 Å². The van der Waals surface area contributed by atoms with Gasteiger partial charge in [0.2, 0.25) is 0 Å². The Labute approximate surface area is 114 Å². The molecule has 3 nitrogen and oxygen atoms in total. The van der Waals surface area contributed by atoms with E-state index in [-0.39, 0.29) is 5.82 Å². The van der Waals surface area contributed by atoms with E-state index in [1.807, 2.05) is 18.2 Å². The van der Waals surface area contributed by atoms with Crippen molar-refractivity contribution < 1.29 is 4.39 Å². The molecule has 96 valence electrons. The maximum absolute atomic E-state index is 13.6. The molecule has 2 aromatic carbocycles. The van der Waals surface area contributed by atoms with Crippen LogP contribution < -0.4 is 5.32 Å². The summed E-state index contributed by atoms with van der Waals surface area (Å²) in [5.41, 5.74) is 2.42. The lowest BCUT2D eigenvalue weighted by atomic mass is 10.2. The summed E-state index contributed by atoms with van der Waals surface area (Å²) in [5.74, 6) is -0.263. The SMILES string of the molecule is Fc1ccc(Cl)cc1CNc1ccc2[nH]ncc2c1. The summed E-state index contributed by atoms with van der Waals surface area (Å²) in [5, 5.41) is 11.6. The highest BCUT2D eigenvalue weighted by molar-refractivity contribution is 6.30. The average Bonchev–Trinajstić information content (AvgIpc) is 2.87. The molecule has 0 atom stereocenters. The molecule has 1 aromatic heterocycles. The molecule has 0 radical (unpaired) electrons. The van der Waals surface area contributed by atoms with Crippen molar-refractivity contribution in [3.8, 4) is 0 Å². The van der Waals surface area contributed by atoms with E-state index in [0.29, 0.717) is 17.1 Å². The van der Waals surface area contributed by atoms with Gasteiger partial charge in [0.25, 0.3) is 0 Å². The molecule has 5 heteroatoms. The van der Waals surface area contributed by atoms with Crippen molar-refractivity contribution in [1.82, 2.24) is 10.2 Å². The number of aromatic nitrogens is 2. The number of aromatic amines is 1. The van der Waals surface area contributed by atoms with Crippen LogP contribution in [0.25, 0.3) is 10.9 Å². The van der Waals surface area contributed by atoms with Gasteiger partial charge in [0, 0.05) is 28.2 Å². The summed E-state index contributed by atoms with van der Waals surface area (Å²) in [4.78, 5) is 0. The van der Waals surface area contributed by atoms with Crippen molar-refractivity contribution in [2.75, 3.05) is 5.32 Å². The van der Waals surface area contributed by atoms with Gasteiger partial charge in [-0.2, -0.15) is 5.10 Å². The van der Waals surface area contributed by atoms with Gasteiger partial charge in [0.05, 0.1) is 11.7 Å². The summed E-state index contributed by atoms with van der Waals surface area (Å²) in [6, 6.07) is 10.3. The number of nitrogens with zero attached hydrogens (tertiary/aromatic N) is 1. The number of benzene rings is 2. The number of rotatable bonds is 3. The van der Waals surface area contributed by atoms with Crippen LogP contribution in [0.3, 0.4) is 0 Å². The number of anilines is 1. The van der Waals surface area contributed by atoms with Gasteiger partial charge in [-0.05, 0) is 36.4 Å². The molecule has 0 fully saturated rings. The van der Waals surface area contributed by atoms with Crippen LogP contribution in [0.2, 0.25) is 5.02 Å². The van der Waals surface area contributed by atoms with Crippen molar-refractivity contribution in [3.05, 3.63) is 59.0 Å². The summed E-state index contributed by atoms with van der Waals surface area (Å²) in [6.45, 7) is 0.385. The molecule has 0 saturated carbocycles. The first kappa shape index (κ1) is 12.0. The second-order valence-corrected chi connectivity index (χ2v) is 4.70. The summed E-state index contributed by atoms with van der Waals surface area (Å²) < 4.78 is 13.6. The highest BCUT2D eigenvalue weighted by Gasteiger charge is 2.03. The van der Waals surface area contributed by atoms with Crippen LogP contribution in [0, 0.1) is 5.82 Å². The second-order valence-electron chi connectivity index (χ2n) is 4.26. The molecule has 0 unspecified atom stereocenters. The predicted octanol–water partition coefficient (Wildman–Crippen LogP) is 3.97. The Hall–Kier alpha value is -2.07. The van der Waals surface area contributed by atoms with Crippen LogP contribution in [0.1, 0.15) is 5.56 Å². The number of hydrogen-bond acceptors (Lipinski definition) is 2. The van der Waals surface area contributed by atoms with Crippen LogP contribution in [-0.2, 0) is 6.54 Å². The molecular formula is C14H11ClFN3. The van der Waals surface area contributed by atoms with Crippen LogP contribution in [0.5, 0.6) is 0 Å². The molecule has 0 saturated heterocycles. The molecule has 0 aliphatic heterocycles. The van der Waals surface area contributed by atoms with E-state index in [9.17, 15) is 4.39 Å². The maximum atomic E-state index is 13.6. The topological polar surface area (TPSA) is 40.7 Å². The van der Waals surface area contributed by atoms with E-state index in [0.717, 1.165) is 16.6 Å². The summed E-state index contributed by atoms with van der Waals surface area (Å²) >= 11 is 5.86. The van der Waals surface area contributed by atoms with E-state index >= 15 is 0 Å². The van der Waals surface area contributed by atoms with Gasteiger partial charge in [-0.3, -0.25) is 5.10 Å². The van der Waals surface area contributed by atoms with Crippen LogP contribution in [-0.4, -0.2) is 10.2 Å². The standard InChI is InChI=1S/C14H11ClFN3/c15-11-1-3-13(16)9(5-11)7-17-12-2-4-14-10(6-12)8-18-19-14/h1-6,8,17H,7H2,(H,18,19). The molecule has 1 heterocycles. The zero-order valence-electron chi connectivity index (χ0n) is 9.95. The lowest BCUT2D eigenvalue weighted by Crippen LogP contribution is -2.01. The fourth-order valence-electron chi connectivity index (χ4n) is 1.93. The Balaban J connectivity index is 1.79. The molecule has 0 amide bonds. The third kappa shape index (κ3) is 2.53. The number of halogens is 2. The molecule has 0 spiro atoms. The number of hydrogen-bond donors (Lipinski definition) is 2. The monoisotopic (exact) mass is 275 g/mol. The lowest BCUT2D eigenvalue weighted by molar-refractivity contribution is 0.613. The molecular weight excluding hydrogens is 265 g/mol. The van der Waals surface area contributed by atoms with E-state index < -0.39 is 0 Å². The second kappa shape index (κ2) is 4.90. The Morgan fingerprint density at radius 1 is 1.21 bits per heavy atom. The fraction of sp³-hybridized carbons (Fsp3) is 0.0714. The van der Waals surface area contributed by atoms with Gasteiger partial charge in [0.1, 0.15) is 5.82 Å². The first-order valence-electron chi connectivity index (χ1n) is 5.83. The first-order chi connectivity index (χ1) is 9.22. The molecule has 2 N–H and O–H groups in total. The summed E-state index contributed by atoms with van der Waals surface area (Å²) in [6.07, 6.45) is 1.75. The number of H-pyrrole nitrogens is 1. The Kier molecular flexibility index (Phi) is 3.09. The third-order valence-electron chi connectivity index (χ3n) is 2.93. The highest BCUT2D eigenvalue weighted by atomic mass is 35.5. The van der Waals surface area contributed by atoms with Crippen LogP contribution >= 0.6 is 11.6 Å². The molecule has 0 aliphatic rings. The lowest BCUT2D eigenvalue weighted by Gasteiger charge is -2.08. The number of nitrogens with one attached hydrogen (secondary N) is 2. The van der Waals surface area contributed by atoms with E-state index in [4.69, 9.17) is 11.6 Å². The molecule has 0 aliphatic carbocycles. The van der Waals surface area contributed by atoms with Crippen molar-refractivity contribution in [3.63, 3.8) is 0 Å². The van der Waals surface area contributed by atoms with Crippen LogP contribution in [0.15, 0.2) is 42.6 Å². The third-order valence-corrected chi connectivity index (χ3v) is 3.17. The van der Waals surface area contributed by atoms with Gasteiger partial charge in [-0.1, -0.05) is 11.6 Å². The Morgan fingerprint density at radius 3 is 3.00 bits per heavy atom. The van der Waals surface area contributed by atoms with E-state index in [1.165, 1.54) is 12.1 Å². The van der Waals surface area contributed by atoms with Gasteiger partial charge < -0.3 is 5.32 Å². The zero-order chi connectivity index (χ0) is 13.2. The first-order valence-corrected chi connectivity index (χ1v) is 6.21. The largest absolute Gasteiger partial charge is 0.381 e. The minimum absolute atomic E-state index is 0.263. The molecule has 0 bridgehead atoms. The van der Waals surface area contributed by atoms with E-state index in [1.54, 1.807) is 12.3 Å². The van der Waals surface area contributed by atoms with Gasteiger partial charge in [0.15, 0.2) is 0 Å². The van der Waals surface area contributed by atoms with E-state index in [2.05, 4.69) is 15.5 Å². The van der Waals surface area contributed by atoms with Gasteiger partial charge in [-0.25, -0.2) is 4.39 Å². The smallest absolute Gasteiger partial charge is 0.128 e. The van der Waals surface area contributed by atoms with Gasteiger partial charge in [-0.15, -0.1) is 0 Å². The summed E-state index contributed by atoms with van der Waals surface area (Å²) in [7, 11) is 0. The normalized spacial score (nSPS) is 10.8. The number of fused-ring (bicyclic) bond motifs is 1. The van der Waals surface area contributed by atoms with Crippen molar-refractivity contribution >= 4 is 28.2 Å². The highest BCUT2D eigenvalue weighted by Crippen LogP contribution is 2.19. The van der Waals surface area contributed by atoms with Crippen LogP contribution in [0.4, 0.5) is 10.1 Å². The molecule has 19 heavy (non-hydrogen) atoms. The minimum atomic E-state index is -0.263. The molecule has 3 rings (SSSR count). The van der Waals surface area contributed by atoms with Crippen molar-refractivity contribution in [1.29, 1.82) is 0 Å². The molecule has 3 aromatic rings. The maximum Gasteiger partial charge on any atom is 0.128 e. The zero-order valence-corrected chi connectivity index (χ0v) is 10.7. The van der Waals surface area contributed by atoms with Crippen molar-refractivity contribution in [2.45, 2.75) is 6.54 Å². The predicted molar refractivity (Wildman–Crippen MR) is 74.8 cm³/mol. The average molecular weight is 276 g/mol. The van der Waals surface area contributed by atoms with Crippen molar-refractivity contribution in [2.24, 2.45) is 0 Å². The Bertz CT molecular complexity index is 724. The quantitative estimate of drug-likeness (QED) is 0.759. The minimum Gasteiger partial charge on any atom is -0.381 e.